The molecule has 5 heteroatoms. The van der Waals surface area contributed by atoms with Crippen molar-refractivity contribution in [2.45, 2.75) is 44.0 Å². The van der Waals surface area contributed by atoms with Crippen LogP contribution in [0.25, 0.3) is 0 Å². The van der Waals surface area contributed by atoms with Crippen molar-refractivity contribution in [2.75, 3.05) is 6.54 Å². The molecule has 2 fully saturated rings. The molecule has 0 aromatic heterocycles. The predicted molar refractivity (Wildman–Crippen MR) is 83.2 cm³/mol. The van der Waals surface area contributed by atoms with Crippen molar-refractivity contribution in [3.63, 3.8) is 0 Å². The van der Waals surface area contributed by atoms with Crippen LogP contribution in [0.2, 0.25) is 0 Å². The molecule has 0 saturated heterocycles. The fourth-order valence-electron chi connectivity index (χ4n) is 3.22. The van der Waals surface area contributed by atoms with Crippen LogP contribution in [0.4, 0.5) is 0 Å². The van der Waals surface area contributed by atoms with E-state index in [1.54, 1.807) is 12.1 Å². The van der Waals surface area contributed by atoms with Crippen LogP contribution >= 0.6 is 0 Å². The van der Waals surface area contributed by atoms with Gasteiger partial charge in [-0.1, -0.05) is 12.1 Å². The molecule has 0 atom stereocenters. The summed E-state index contributed by atoms with van der Waals surface area (Å²) < 4.78 is 28.0. The normalized spacial score (nSPS) is 19.2. The Morgan fingerprint density at radius 3 is 2.38 bits per heavy atom. The van der Waals surface area contributed by atoms with E-state index in [1.807, 2.05) is 13.0 Å². The third kappa shape index (κ3) is 3.30. The molecule has 21 heavy (non-hydrogen) atoms. The van der Waals surface area contributed by atoms with Gasteiger partial charge in [-0.3, -0.25) is 0 Å². The lowest BCUT2D eigenvalue weighted by Gasteiger charge is -2.17. The lowest BCUT2D eigenvalue weighted by molar-refractivity contribution is 0.401. The highest BCUT2D eigenvalue weighted by molar-refractivity contribution is 7.89. The highest BCUT2D eigenvalue weighted by Crippen LogP contribution is 2.48. The number of hydrogen-bond acceptors (Lipinski definition) is 3. The minimum Gasteiger partial charge on any atom is -0.326 e. The highest BCUT2D eigenvalue weighted by Gasteiger charge is 2.41. The van der Waals surface area contributed by atoms with Crippen LogP contribution in [-0.2, 0) is 16.6 Å². The Hall–Kier alpha value is -0.910. The third-order valence-corrected chi connectivity index (χ3v) is 6.44. The van der Waals surface area contributed by atoms with Gasteiger partial charge in [-0.25, -0.2) is 13.1 Å². The maximum Gasteiger partial charge on any atom is 0.240 e. The Bertz CT molecular complexity index is 607. The second-order valence-corrected chi connectivity index (χ2v) is 8.17. The molecule has 1 aromatic carbocycles. The fraction of sp³-hybridized carbons (Fsp3) is 0.625. The zero-order valence-electron chi connectivity index (χ0n) is 12.5. The van der Waals surface area contributed by atoms with Gasteiger partial charge in [0.15, 0.2) is 0 Å². The van der Waals surface area contributed by atoms with Gasteiger partial charge >= 0.3 is 0 Å². The number of hydrogen-bond donors (Lipinski definition) is 2. The van der Waals surface area contributed by atoms with Gasteiger partial charge in [0.1, 0.15) is 0 Å². The molecule has 0 heterocycles. The predicted octanol–water partition coefficient (Wildman–Crippen LogP) is 2.17. The monoisotopic (exact) mass is 308 g/mol. The number of nitrogens with one attached hydrogen (secondary N) is 1. The molecule has 1 aromatic rings. The largest absolute Gasteiger partial charge is 0.326 e. The first-order valence-corrected chi connectivity index (χ1v) is 9.29. The van der Waals surface area contributed by atoms with E-state index in [0.29, 0.717) is 23.9 Å². The van der Waals surface area contributed by atoms with E-state index < -0.39 is 10.0 Å². The SMILES string of the molecule is Cc1c(CN)cccc1S(=O)(=O)NCC(C1CC1)C1CC1. The van der Waals surface area contributed by atoms with E-state index in [1.165, 1.54) is 25.7 Å². The van der Waals surface area contributed by atoms with Gasteiger partial charge in [0.2, 0.25) is 10.0 Å². The minimum atomic E-state index is -3.44. The summed E-state index contributed by atoms with van der Waals surface area (Å²) in [5, 5.41) is 0. The van der Waals surface area contributed by atoms with Gasteiger partial charge in [0, 0.05) is 13.1 Å². The lowest BCUT2D eigenvalue weighted by atomic mass is 9.99. The first-order valence-electron chi connectivity index (χ1n) is 7.81. The summed E-state index contributed by atoms with van der Waals surface area (Å²) in [7, 11) is -3.44. The molecule has 0 aliphatic heterocycles. The smallest absolute Gasteiger partial charge is 0.240 e. The molecule has 3 N–H and O–H groups in total. The Labute approximate surface area is 127 Å². The van der Waals surface area contributed by atoms with Crippen molar-refractivity contribution >= 4 is 10.0 Å². The highest BCUT2D eigenvalue weighted by atomic mass is 32.2. The van der Waals surface area contributed by atoms with E-state index >= 15 is 0 Å². The summed E-state index contributed by atoms with van der Waals surface area (Å²) in [5.41, 5.74) is 7.32. The zero-order valence-corrected chi connectivity index (χ0v) is 13.3. The summed E-state index contributed by atoms with van der Waals surface area (Å²) in [6, 6.07) is 5.31. The Morgan fingerprint density at radius 1 is 1.24 bits per heavy atom. The molecule has 116 valence electrons. The fourth-order valence-corrected chi connectivity index (χ4v) is 4.58. The molecule has 4 nitrogen and oxygen atoms in total. The maximum atomic E-state index is 12.6. The van der Waals surface area contributed by atoms with Crippen LogP contribution in [0.3, 0.4) is 0 Å². The van der Waals surface area contributed by atoms with Crippen LogP contribution in [0.15, 0.2) is 23.1 Å². The maximum absolute atomic E-state index is 12.6. The molecule has 3 rings (SSSR count). The topological polar surface area (TPSA) is 72.2 Å². The van der Waals surface area contributed by atoms with Gasteiger partial charge in [-0.2, -0.15) is 0 Å². The molecular weight excluding hydrogens is 284 g/mol. The third-order valence-electron chi connectivity index (χ3n) is 4.87. The van der Waals surface area contributed by atoms with Gasteiger partial charge in [0.25, 0.3) is 0 Å². The van der Waals surface area contributed by atoms with Crippen molar-refractivity contribution < 1.29 is 8.42 Å². The first kappa shape index (κ1) is 15.0. The van der Waals surface area contributed by atoms with Crippen LogP contribution in [0.5, 0.6) is 0 Å². The van der Waals surface area contributed by atoms with E-state index in [2.05, 4.69) is 4.72 Å². The van der Waals surface area contributed by atoms with Gasteiger partial charge in [-0.05, 0) is 67.6 Å². The van der Waals surface area contributed by atoms with Crippen molar-refractivity contribution in [1.29, 1.82) is 0 Å². The Kier molecular flexibility index (Phi) is 4.08. The van der Waals surface area contributed by atoms with Crippen LogP contribution in [0.1, 0.15) is 36.8 Å². The van der Waals surface area contributed by atoms with Crippen LogP contribution < -0.4 is 10.5 Å². The summed E-state index contributed by atoms with van der Waals surface area (Å²) >= 11 is 0. The molecule has 2 aliphatic rings. The Morgan fingerprint density at radius 2 is 1.86 bits per heavy atom. The first-order chi connectivity index (χ1) is 10.0. The quantitative estimate of drug-likeness (QED) is 0.811. The molecule has 0 amide bonds. The average molecular weight is 308 g/mol. The molecule has 0 unspecified atom stereocenters. The summed E-state index contributed by atoms with van der Waals surface area (Å²) in [6.07, 6.45) is 5.07. The van der Waals surface area contributed by atoms with E-state index in [4.69, 9.17) is 5.73 Å². The standard InChI is InChI=1S/C16H24N2O2S/c1-11-14(9-17)3-2-4-16(11)21(19,20)18-10-15(12-5-6-12)13-7-8-13/h2-4,12-13,15,18H,5-10,17H2,1H3. The van der Waals surface area contributed by atoms with Gasteiger partial charge in [0.05, 0.1) is 4.90 Å². The number of sulfonamides is 1. The summed E-state index contributed by atoms with van der Waals surface area (Å²) in [6.45, 7) is 2.78. The second kappa shape index (κ2) is 5.71. The van der Waals surface area contributed by atoms with Crippen molar-refractivity contribution in [1.82, 2.24) is 4.72 Å². The van der Waals surface area contributed by atoms with Crippen LogP contribution in [0, 0.1) is 24.7 Å². The molecular formula is C16H24N2O2S. The molecule has 0 radical (unpaired) electrons. The van der Waals surface area contributed by atoms with Gasteiger partial charge in [-0.15, -0.1) is 0 Å². The second-order valence-electron chi connectivity index (χ2n) is 6.44. The van der Waals surface area contributed by atoms with Crippen molar-refractivity contribution in [2.24, 2.45) is 23.5 Å². The minimum absolute atomic E-state index is 0.363. The van der Waals surface area contributed by atoms with Gasteiger partial charge < -0.3 is 5.73 Å². The summed E-state index contributed by atoms with van der Waals surface area (Å²) in [4.78, 5) is 0.371. The molecule has 2 saturated carbocycles. The molecule has 0 spiro atoms. The number of rotatable bonds is 7. The number of nitrogens with two attached hydrogens (primary N) is 1. The van der Waals surface area contributed by atoms with Crippen molar-refractivity contribution in [3.05, 3.63) is 29.3 Å². The Balaban J connectivity index is 1.74. The van der Waals surface area contributed by atoms with E-state index in [-0.39, 0.29) is 0 Å². The van der Waals surface area contributed by atoms with E-state index in [0.717, 1.165) is 23.0 Å². The van der Waals surface area contributed by atoms with Crippen LogP contribution in [-0.4, -0.2) is 15.0 Å². The van der Waals surface area contributed by atoms with E-state index in [9.17, 15) is 8.42 Å². The molecule has 2 aliphatic carbocycles. The lowest BCUT2D eigenvalue weighted by Crippen LogP contribution is -2.31. The number of benzene rings is 1. The summed E-state index contributed by atoms with van der Waals surface area (Å²) in [5.74, 6) is 2.03. The molecule has 0 bridgehead atoms. The average Bonchev–Trinajstić information content (AvgIpc) is 3.32. The van der Waals surface area contributed by atoms with Crippen molar-refractivity contribution in [3.8, 4) is 0 Å². The zero-order chi connectivity index (χ0) is 15.0.